The number of ether oxygens (including phenoxy) is 2. The van der Waals surface area contributed by atoms with E-state index < -0.39 is 52.7 Å². The lowest BCUT2D eigenvalue weighted by Gasteiger charge is -2.11. The third-order valence-electron chi connectivity index (χ3n) is 2.82. The predicted octanol–water partition coefficient (Wildman–Crippen LogP) is 0.799. The maximum atomic E-state index is 11.9. The SMILES string of the molecule is CCCOC(=O)c1cc(C(=O)O)c(C(=O)OCCO)cc1C(=O)O. The van der Waals surface area contributed by atoms with Gasteiger partial charge in [-0.25, -0.2) is 19.2 Å². The summed E-state index contributed by atoms with van der Waals surface area (Å²) in [6, 6.07) is 1.51. The standard InChI is InChI=1S/C15H16O9/c1-2-4-23-14(21)10-6-9(13(19)20)11(7-8(10)12(17)18)15(22)24-5-3-16/h6-7,16H,2-5H2,1H3,(H,17,18)(H,19,20). The molecule has 9 nitrogen and oxygen atoms in total. The molecule has 3 N–H and O–H groups in total. The van der Waals surface area contributed by atoms with Crippen molar-refractivity contribution in [3.63, 3.8) is 0 Å². The van der Waals surface area contributed by atoms with Crippen LogP contribution in [0.2, 0.25) is 0 Å². The summed E-state index contributed by atoms with van der Waals surface area (Å²) in [6.07, 6.45) is 0.492. The number of carboxylic acids is 2. The van der Waals surface area contributed by atoms with E-state index in [9.17, 15) is 29.4 Å². The number of aliphatic hydroxyl groups is 1. The van der Waals surface area contributed by atoms with E-state index in [-0.39, 0.29) is 13.2 Å². The molecule has 0 atom stereocenters. The number of benzene rings is 1. The summed E-state index contributed by atoms with van der Waals surface area (Å²) in [4.78, 5) is 46.4. The molecule has 0 aliphatic carbocycles. The quantitative estimate of drug-likeness (QED) is 0.584. The summed E-state index contributed by atoms with van der Waals surface area (Å²) in [5.74, 6) is -5.22. The lowest BCUT2D eigenvalue weighted by Crippen LogP contribution is -2.19. The summed E-state index contributed by atoms with van der Waals surface area (Å²) in [5, 5.41) is 27.0. The fourth-order valence-corrected chi connectivity index (χ4v) is 1.78. The molecular weight excluding hydrogens is 324 g/mol. The second-order valence-electron chi connectivity index (χ2n) is 4.55. The van der Waals surface area contributed by atoms with Crippen LogP contribution in [0.4, 0.5) is 0 Å². The summed E-state index contributed by atoms with van der Waals surface area (Å²) in [6.45, 7) is 0.886. The summed E-state index contributed by atoms with van der Waals surface area (Å²) >= 11 is 0. The zero-order valence-electron chi connectivity index (χ0n) is 12.8. The maximum Gasteiger partial charge on any atom is 0.339 e. The highest BCUT2D eigenvalue weighted by molar-refractivity contribution is 6.09. The molecule has 9 heteroatoms. The van der Waals surface area contributed by atoms with E-state index >= 15 is 0 Å². The van der Waals surface area contributed by atoms with Crippen molar-refractivity contribution in [3.05, 3.63) is 34.4 Å². The Labute approximate surface area is 136 Å². The number of hydrogen-bond acceptors (Lipinski definition) is 7. The molecular formula is C15H16O9. The lowest BCUT2D eigenvalue weighted by atomic mass is 9.98. The Balaban J connectivity index is 3.44. The van der Waals surface area contributed by atoms with E-state index in [0.29, 0.717) is 6.42 Å². The van der Waals surface area contributed by atoms with Crippen LogP contribution in [-0.2, 0) is 9.47 Å². The van der Waals surface area contributed by atoms with Gasteiger partial charge in [-0.3, -0.25) is 0 Å². The highest BCUT2D eigenvalue weighted by Gasteiger charge is 2.26. The van der Waals surface area contributed by atoms with Gasteiger partial charge in [-0.15, -0.1) is 0 Å². The highest BCUT2D eigenvalue weighted by Crippen LogP contribution is 2.20. The van der Waals surface area contributed by atoms with Gasteiger partial charge in [0.1, 0.15) is 6.61 Å². The van der Waals surface area contributed by atoms with E-state index in [2.05, 4.69) is 4.74 Å². The van der Waals surface area contributed by atoms with Gasteiger partial charge in [-0.05, 0) is 18.6 Å². The molecule has 0 heterocycles. The van der Waals surface area contributed by atoms with E-state index in [1.807, 2.05) is 0 Å². The Kier molecular flexibility index (Phi) is 6.87. The van der Waals surface area contributed by atoms with E-state index in [0.717, 1.165) is 12.1 Å². The van der Waals surface area contributed by atoms with Crippen LogP contribution in [0.1, 0.15) is 54.8 Å². The normalized spacial score (nSPS) is 10.1. The van der Waals surface area contributed by atoms with Crippen LogP contribution < -0.4 is 0 Å². The molecule has 0 bridgehead atoms. The number of aliphatic hydroxyl groups excluding tert-OH is 1. The average Bonchev–Trinajstić information content (AvgIpc) is 2.55. The zero-order valence-corrected chi connectivity index (χ0v) is 12.8. The monoisotopic (exact) mass is 340 g/mol. The second kappa shape index (κ2) is 8.63. The molecule has 0 fully saturated rings. The van der Waals surface area contributed by atoms with Gasteiger partial charge in [0.25, 0.3) is 0 Å². The number of aromatic carboxylic acids is 2. The van der Waals surface area contributed by atoms with Gasteiger partial charge in [0.15, 0.2) is 0 Å². The minimum atomic E-state index is -1.55. The van der Waals surface area contributed by atoms with Crippen molar-refractivity contribution >= 4 is 23.9 Å². The highest BCUT2D eigenvalue weighted by atomic mass is 16.5. The predicted molar refractivity (Wildman–Crippen MR) is 78.3 cm³/mol. The molecule has 0 aliphatic heterocycles. The number of carbonyl (C=O) groups excluding carboxylic acids is 2. The van der Waals surface area contributed by atoms with Crippen molar-refractivity contribution in [2.45, 2.75) is 13.3 Å². The smallest absolute Gasteiger partial charge is 0.339 e. The number of hydrogen-bond donors (Lipinski definition) is 3. The van der Waals surface area contributed by atoms with Crippen LogP contribution in [0.3, 0.4) is 0 Å². The molecule has 1 aromatic carbocycles. The topological polar surface area (TPSA) is 147 Å². The first-order valence-electron chi connectivity index (χ1n) is 6.93. The third kappa shape index (κ3) is 4.53. The number of carboxylic acid groups (broad SMARTS) is 2. The molecule has 0 saturated carbocycles. The van der Waals surface area contributed by atoms with Gasteiger partial charge in [0.2, 0.25) is 0 Å². The minimum Gasteiger partial charge on any atom is -0.478 e. The average molecular weight is 340 g/mol. The van der Waals surface area contributed by atoms with E-state index in [4.69, 9.17) is 9.84 Å². The summed E-state index contributed by atoms with van der Waals surface area (Å²) in [5.41, 5.74) is -2.21. The number of esters is 2. The summed E-state index contributed by atoms with van der Waals surface area (Å²) < 4.78 is 9.43. The molecule has 24 heavy (non-hydrogen) atoms. The van der Waals surface area contributed by atoms with Gasteiger partial charge in [0, 0.05) is 0 Å². The van der Waals surface area contributed by atoms with Gasteiger partial charge >= 0.3 is 23.9 Å². The second-order valence-corrected chi connectivity index (χ2v) is 4.55. The molecule has 0 unspecified atom stereocenters. The largest absolute Gasteiger partial charge is 0.478 e. The van der Waals surface area contributed by atoms with Crippen molar-refractivity contribution < 1.29 is 44.0 Å². The Morgan fingerprint density at radius 1 is 0.833 bits per heavy atom. The Morgan fingerprint density at radius 3 is 1.58 bits per heavy atom. The van der Waals surface area contributed by atoms with Crippen LogP contribution in [-0.4, -0.2) is 59.0 Å². The first-order valence-corrected chi connectivity index (χ1v) is 6.93. The van der Waals surface area contributed by atoms with Gasteiger partial charge in [-0.2, -0.15) is 0 Å². The maximum absolute atomic E-state index is 11.9. The molecule has 1 rings (SSSR count). The van der Waals surface area contributed by atoms with Crippen LogP contribution in [0, 0.1) is 0 Å². The van der Waals surface area contributed by atoms with E-state index in [1.165, 1.54) is 0 Å². The molecule has 0 radical (unpaired) electrons. The fraction of sp³-hybridized carbons (Fsp3) is 0.333. The van der Waals surface area contributed by atoms with Crippen LogP contribution in [0.15, 0.2) is 12.1 Å². The van der Waals surface area contributed by atoms with Crippen LogP contribution in [0.25, 0.3) is 0 Å². The molecule has 130 valence electrons. The number of rotatable bonds is 8. The third-order valence-corrected chi connectivity index (χ3v) is 2.82. The van der Waals surface area contributed by atoms with Gasteiger partial charge in [-0.1, -0.05) is 6.92 Å². The Hall–Kier alpha value is -2.94. The Morgan fingerprint density at radius 2 is 1.25 bits per heavy atom. The zero-order chi connectivity index (χ0) is 18.3. The van der Waals surface area contributed by atoms with E-state index in [1.54, 1.807) is 6.92 Å². The first-order chi connectivity index (χ1) is 11.3. The van der Waals surface area contributed by atoms with Crippen molar-refractivity contribution in [1.29, 1.82) is 0 Å². The molecule has 0 aliphatic rings. The molecule has 0 aromatic heterocycles. The Bertz CT molecular complexity index is 605. The number of carbonyl (C=O) groups is 4. The fourth-order valence-electron chi connectivity index (χ4n) is 1.78. The van der Waals surface area contributed by atoms with Crippen molar-refractivity contribution in [3.8, 4) is 0 Å². The van der Waals surface area contributed by atoms with Gasteiger partial charge in [0.05, 0.1) is 35.5 Å². The first kappa shape index (κ1) is 19.1. The molecule has 0 saturated heterocycles. The van der Waals surface area contributed by atoms with Crippen molar-refractivity contribution in [2.24, 2.45) is 0 Å². The summed E-state index contributed by atoms with van der Waals surface area (Å²) in [7, 11) is 0. The van der Waals surface area contributed by atoms with Gasteiger partial charge < -0.3 is 24.8 Å². The molecule has 0 spiro atoms. The molecule has 0 amide bonds. The lowest BCUT2D eigenvalue weighted by molar-refractivity contribution is 0.0423. The molecule has 1 aromatic rings. The van der Waals surface area contributed by atoms with Crippen molar-refractivity contribution in [2.75, 3.05) is 19.8 Å². The van der Waals surface area contributed by atoms with Crippen LogP contribution in [0.5, 0.6) is 0 Å². The van der Waals surface area contributed by atoms with Crippen LogP contribution >= 0.6 is 0 Å². The van der Waals surface area contributed by atoms with Crippen molar-refractivity contribution in [1.82, 2.24) is 0 Å². The minimum absolute atomic E-state index is 0.0284.